The molecule has 0 aliphatic carbocycles. The fourth-order valence-corrected chi connectivity index (χ4v) is 4.05. The van der Waals surface area contributed by atoms with Gasteiger partial charge in [-0.25, -0.2) is 4.79 Å². The van der Waals surface area contributed by atoms with Gasteiger partial charge in [0.1, 0.15) is 0 Å². The summed E-state index contributed by atoms with van der Waals surface area (Å²) in [4.78, 5) is 28.3. The fraction of sp³-hybridized carbons (Fsp3) is 0.556. The van der Waals surface area contributed by atoms with Crippen LogP contribution in [-0.4, -0.2) is 54.7 Å². The molecule has 3 fully saturated rings. The third-order valence-corrected chi connectivity index (χ3v) is 5.74. The van der Waals surface area contributed by atoms with Crippen LogP contribution in [0.2, 0.25) is 5.02 Å². The van der Waals surface area contributed by atoms with E-state index in [-0.39, 0.29) is 23.6 Å². The average Bonchev–Trinajstić information content (AvgIpc) is 2.94. The van der Waals surface area contributed by atoms with Gasteiger partial charge in [0.25, 0.3) is 0 Å². The van der Waals surface area contributed by atoms with Crippen LogP contribution in [0.25, 0.3) is 0 Å². The van der Waals surface area contributed by atoms with Gasteiger partial charge in [0.15, 0.2) is 0 Å². The second kappa shape index (κ2) is 6.50. The number of ether oxygens (including phenoxy) is 1. The lowest BCUT2D eigenvalue weighted by Crippen LogP contribution is -2.56. The number of hydrogen-bond donors (Lipinski definition) is 1. The monoisotopic (exact) mass is 363 g/mol. The SMILES string of the molecule is O=C(N[C@H]1CC(=O)N(c2cccc(Cl)c2)C1)N1CCC2(CCO2)CC1. The van der Waals surface area contributed by atoms with Crippen molar-refractivity contribution in [1.82, 2.24) is 10.2 Å². The van der Waals surface area contributed by atoms with E-state index in [4.69, 9.17) is 16.3 Å². The molecule has 1 aromatic rings. The Morgan fingerprint density at radius 2 is 2.04 bits per heavy atom. The number of halogens is 1. The summed E-state index contributed by atoms with van der Waals surface area (Å²) in [6.07, 6.45) is 3.23. The van der Waals surface area contributed by atoms with Crippen LogP contribution in [0, 0.1) is 0 Å². The van der Waals surface area contributed by atoms with Crippen LogP contribution in [0.5, 0.6) is 0 Å². The molecule has 3 aliphatic heterocycles. The lowest BCUT2D eigenvalue weighted by atomic mass is 9.84. The second-order valence-electron chi connectivity index (χ2n) is 7.10. The molecule has 7 heteroatoms. The van der Waals surface area contributed by atoms with Crippen molar-refractivity contribution < 1.29 is 14.3 Å². The second-order valence-corrected chi connectivity index (χ2v) is 7.54. The largest absolute Gasteiger partial charge is 0.375 e. The Labute approximate surface area is 152 Å². The predicted octanol–water partition coefficient (Wildman–Crippen LogP) is 2.41. The Morgan fingerprint density at radius 1 is 1.28 bits per heavy atom. The molecule has 3 heterocycles. The van der Waals surface area contributed by atoms with E-state index in [0.29, 0.717) is 31.1 Å². The maximum absolute atomic E-state index is 12.5. The van der Waals surface area contributed by atoms with Gasteiger partial charge in [0, 0.05) is 36.8 Å². The van der Waals surface area contributed by atoms with Crippen molar-refractivity contribution in [2.24, 2.45) is 0 Å². The topological polar surface area (TPSA) is 61.9 Å². The highest BCUT2D eigenvalue weighted by Crippen LogP contribution is 2.36. The summed E-state index contributed by atoms with van der Waals surface area (Å²) in [5.74, 6) is 0.00744. The number of piperidine rings is 1. The first kappa shape index (κ1) is 16.7. The Balaban J connectivity index is 1.32. The summed E-state index contributed by atoms with van der Waals surface area (Å²) < 4.78 is 5.69. The highest BCUT2D eigenvalue weighted by atomic mass is 35.5. The molecule has 4 rings (SSSR count). The van der Waals surface area contributed by atoms with Crippen LogP contribution in [0.15, 0.2) is 24.3 Å². The molecule has 3 saturated heterocycles. The minimum absolute atomic E-state index is 0.00744. The van der Waals surface area contributed by atoms with Gasteiger partial charge in [0.05, 0.1) is 18.2 Å². The Morgan fingerprint density at radius 3 is 2.68 bits per heavy atom. The molecule has 1 spiro atoms. The first-order valence-corrected chi connectivity index (χ1v) is 9.18. The first-order valence-electron chi connectivity index (χ1n) is 8.80. The van der Waals surface area contributed by atoms with E-state index in [1.165, 1.54) is 0 Å². The first-order chi connectivity index (χ1) is 12.0. The normalized spacial score (nSPS) is 25.2. The number of likely N-dealkylation sites (tertiary alicyclic amines) is 1. The van der Waals surface area contributed by atoms with Gasteiger partial charge in [-0.2, -0.15) is 0 Å². The van der Waals surface area contributed by atoms with Gasteiger partial charge in [-0.15, -0.1) is 0 Å². The zero-order valence-electron chi connectivity index (χ0n) is 14.0. The summed E-state index contributed by atoms with van der Waals surface area (Å²) in [5, 5.41) is 3.60. The summed E-state index contributed by atoms with van der Waals surface area (Å²) >= 11 is 6.01. The minimum atomic E-state index is -0.171. The van der Waals surface area contributed by atoms with Crippen molar-refractivity contribution in [1.29, 1.82) is 0 Å². The van der Waals surface area contributed by atoms with E-state index >= 15 is 0 Å². The van der Waals surface area contributed by atoms with Crippen molar-refractivity contribution >= 4 is 29.2 Å². The number of amides is 3. The highest BCUT2D eigenvalue weighted by molar-refractivity contribution is 6.30. The van der Waals surface area contributed by atoms with Gasteiger partial charge in [-0.1, -0.05) is 17.7 Å². The van der Waals surface area contributed by atoms with Crippen molar-refractivity contribution in [2.75, 3.05) is 31.1 Å². The number of urea groups is 1. The lowest BCUT2D eigenvalue weighted by molar-refractivity contribution is -0.169. The quantitative estimate of drug-likeness (QED) is 0.877. The molecule has 0 bridgehead atoms. The van der Waals surface area contributed by atoms with Crippen LogP contribution in [-0.2, 0) is 9.53 Å². The molecule has 0 aromatic heterocycles. The zero-order valence-corrected chi connectivity index (χ0v) is 14.8. The fourth-order valence-electron chi connectivity index (χ4n) is 3.87. The molecule has 3 amide bonds. The molecular formula is C18H22ClN3O3. The van der Waals surface area contributed by atoms with Gasteiger partial charge in [-0.3, -0.25) is 4.79 Å². The minimum Gasteiger partial charge on any atom is -0.375 e. The third kappa shape index (κ3) is 3.33. The van der Waals surface area contributed by atoms with E-state index < -0.39 is 0 Å². The number of benzene rings is 1. The van der Waals surface area contributed by atoms with E-state index in [1.807, 2.05) is 17.0 Å². The lowest BCUT2D eigenvalue weighted by Gasteiger charge is -2.47. The molecule has 1 N–H and O–H groups in total. The van der Waals surface area contributed by atoms with Crippen molar-refractivity contribution in [3.8, 4) is 0 Å². The van der Waals surface area contributed by atoms with Crippen LogP contribution < -0.4 is 10.2 Å². The van der Waals surface area contributed by atoms with Gasteiger partial charge < -0.3 is 19.9 Å². The number of hydrogen-bond acceptors (Lipinski definition) is 3. The van der Waals surface area contributed by atoms with Crippen LogP contribution in [0.4, 0.5) is 10.5 Å². The molecule has 0 unspecified atom stereocenters. The number of nitrogens with zero attached hydrogens (tertiary/aromatic N) is 2. The van der Waals surface area contributed by atoms with Crippen LogP contribution >= 0.6 is 11.6 Å². The number of carbonyl (C=O) groups excluding carboxylic acids is 2. The van der Waals surface area contributed by atoms with E-state index in [9.17, 15) is 9.59 Å². The predicted molar refractivity (Wildman–Crippen MR) is 94.8 cm³/mol. The van der Waals surface area contributed by atoms with Gasteiger partial charge in [0.2, 0.25) is 5.91 Å². The smallest absolute Gasteiger partial charge is 0.317 e. The molecule has 25 heavy (non-hydrogen) atoms. The van der Waals surface area contributed by atoms with Gasteiger partial charge in [-0.05, 0) is 37.5 Å². The Bertz CT molecular complexity index is 682. The van der Waals surface area contributed by atoms with Crippen LogP contribution in [0.3, 0.4) is 0 Å². The standard InChI is InChI=1S/C18H22ClN3O3/c19-13-2-1-3-15(10-13)22-12-14(11-16(22)23)20-17(24)21-7-4-18(5-8-21)6-9-25-18/h1-3,10,14H,4-9,11-12H2,(H,20,24)/t14-/m0/s1. The van der Waals surface area contributed by atoms with Gasteiger partial charge >= 0.3 is 6.03 Å². The van der Waals surface area contributed by atoms with E-state index in [0.717, 1.165) is 31.6 Å². The molecule has 0 radical (unpaired) electrons. The highest BCUT2D eigenvalue weighted by Gasteiger charge is 2.42. The van der Waals surface area contributed by atoms with Crippen molar-refractivity contribution in [3.05, 3.63) is 29.3 Å². The summed E-state index contributed by atoms with van der Waals surface area (Å²) in [6, 6.07) is 6.97. The zero-order chi connectivity index (χ0) is 17.4. The molecule has 1 atom stereocenters. The molecule has 134 valence electrons. The summed E-state index contributed by atoms with van der Waals surface area (Å²) in [5.41, 5.74) is 0.806. The molecule has 1 aromatic carbocycles. The molecule has 6 nitrogen and oxygen atoms in total. The number of rotatable bonds is 2. The van der Waals surface area contributed by atoms with Crippen LogP contribution in [0.1, 0.15) is 25.7 Å². The molecule has 0 saturated carbocycles. The van der Waals surface area contributed by atoms with E-state index in [2.05, 4.69) is 5.32 Å². The van der Waals surface area contributed by atoms with E-state index in [1.54, 1.807) is 17.0 Å². The maximum Gasteiger partial charge on any atom is 0.317 e. The summed E-state index contributed by atoms with van der Waals surface area (Å²) in [7, 11) is 0. The Hall–Kier alpha value is -1.79. The number of nitrogens with one attached hydrogen (secondary N) is 1. The average molecular weight is 364 g/mol. The number of carbonyl (C=O) groups is 2. The maximum atomic E-state index is 12.5. The number of anilines is 1. The molecule has 3 aliphatic rings. The summed E-state index contributed by atoms with van der Waals surface area (Å²) in [6.45, 7) is 2.75. The molecular weight excluding hydrogens is 342 g/mol. The third-order valence-electron chi connectivity index (χ3n) is 5.50. The van der Waals surface area contributed by atoms with Crippen molar-refractivity contribution in [3.63, 3.8) is 0 Å². The van der Waals surface area contributed by atoms with Crippen molar-refractivity contribution in [2.45, 2.75) is 37.3 Å². The Kier molecular flexibility index (Phi) is 4.33.